The number of carbonyl (C=O) groups is 1. The molecule has 0 atom stereocenters. The van der Waals surface area contributed by atoms with E-state index in [9.17, 15) is 14.9 Å². The predicted octanol–water partition coefficient (Wildman–Crippen LogP) is -1.66. The zero-order chi connectivity index (χ0) is 12.1. The van der Waals surface area contributed by atoms with Crippen LogP contribution in [0.15, 0.2) is 6.07 Å². The molecule has 6 nitrogen and oxygen atoms in total. The molecular weight excluding hydrogens is 268 g/mol. The fraction of sp³-hybridized carbons (Fsp3) is 0.444. The van der Waals surface area contributed by atoms with Gasteiger partial charge in [-0.15, -0.1) is 11.3 Å². The Morgan fingerprint density at radius 3 is 2.76 bits per heavy atom. The second-order valence-electron chi connectivity index (χ2n) is 3.05. The van der Waals surface area contributed by atoms with Crippen molar-refractivity contribution < 1.29 is 26.9 Å². The molecule has 96 valence electrons. The van der Waals surface area contributed by atoms with Gasteiger partial charge in [-0.1, -0.05) is 0 Å². The maximum absolute atomic E-state index is 11.4. The number of halogens is 1. The summed E-state index contributed by atoms with van der Waals surface area (Å²) in [5, 5.41) is 13.4. The first-order chi connectivity index (χ1) is 7.56. The minimum atomic E-state index is -0.517. The number of nitro groups is 1. The van der Waals surface area contributed by atoms with Crippen LogP contribution in [0.2, 0.25) is 0 Å². The van der Waals surface area contributed by atoms with Crippen LogP contribution in [0.1, 0.15) is 14.5 Å². The predicted molar refractivity (Wildman–Crippen MR) is 59.9 cm³/mol. The molecule has 17 heavy (non-hydrogen) atoms. The average Bonchev–Trinajstić information content (AvgIpc) is 2.60. The number of hydrogen-bond acceptors (Lipinski definition) is 6. The van der Waals surface area contributed by atoms with Crippen LogP contribution in [-0.4, -0.2) is 31.1 Å². The molecule has 1 aromatic rings. The van der Waals surface area contributed by atoms with Crippen molar-refractivity contribution in [2.45, 2.75) is 6.92 Å². The lowest BCUT2D eigenvalue weighted by Crippen LogP contribution is -3.00. The van der Waals surface area contributed by atoms with E-state index in [0.29, 0.717) is 11.4 Å². The molecule has 0 aliphatic carbocycles. The summed E-state index contributed by atoms with van der Waals surface area (Å²) in [4.78, 5) is 22.3. The van der Waals surface area contributed by atoms with Crippen LogP contribution in [0.5, 0.6) is 0 Å². The molecule has 1 heterocycles. The second-order valence-corrected chi connectivity index (χ2v) is 4.30. The molecule has 0 unspecified atom stereocenters. The third kappa shape index (κ3) is 4.29. The maximum Gasteiger partial charge on any atom is 0.348 e. The third-order valence-electron chi connectivity index (χ3n) is 1.87. The van der Waals surface area contributed by atoms with Gasteiger partial charge in [0, 0.05) is 12.6 Å². The Kier molecular flexibility index (Phi) is 6.71. The van der Waals surface area contributed by atoms with E-state index in [1.54, 1.807) is 14.0 Å². The van der Waals surface area contributed by atoms with Gasteiger partial charge in [0.15, 0.2) is 0 Å². The number of nitrogens with zero attached hydrogens (tertiary/aromatic N) is 1. The molecule has 0 spiro atoms. The molecule has 0 radical (unpaired) electrons. The molecule has 0 amide bonds. The number of carbonyl (C=O) groups excluding carboxylic acids is 1. The second kappa shape index (κ2) is 7.21. The average molecular weight is 280 g/mol. The van der Waals surface area contributed by atoms with Crippen molar-refractivity contribution in [3.05, 3.63) is 25.9 Å². The van der Waals surface area contributed by atoms with Crippen molar-refractivity contribution in [2.24, 2.45) is 0 Å². The van der Waals surface area contributed by atoms with Gasteiger partial charge in [-0.3, -0.25) is 10.1 Å². The number of thiophene rings is 1. The molecule has 0 fully saturated rings. The monoisotopic (exact) mass is 279 g/mol. The highest BCUT2D eigenvalue weighted by Gasteiger charge is 2.20. The van der Waals surface area contributed by atoms with Gasteiger partial charge in [0.05, 0.1) is 9.80 Å². The van der Waals surface area contributed by atoms with Crippen molar-refractivity contribution in [3.63, 3.8) is 0 Å². The molecule has 0 aromatic carbocycles. The van der Waals surface area contributed by atoms with Crippen LogP contribution in [-0.2, 0) is 4.74 Å². The molecule has 1 aromatic heterocycles. The Morgan fingerprint density at radius 1 is 1.65 bits per heavy atom. The molecule has 1 N–H and O–H groups in total. The lowest BCUT2D eigenvalue weighted by atomic mass is 10.4. The van der Waals surface area contributed by atoms with Gasteiger partial charge in [-0.25, -0.2) is 4.79 Å². The highest BCUT2D eigenvalue weighted by molar-refractivity contribution is 7.14. The van der Waals surface area contributed by atoms with Crippen LogP contribution >= 0.6 is 11.3 Å². The molecule has 8 heteroatoms. The van der Waals surface area contributed by atoms with Crippen LogP contribution in [0.25, 0.3) is 0 Å². The Balaban J connectivity index is 0.00000256. The standard InChI is InChI=1S/C9H12N2O4S.ClH/c1-6-7(11(13)14)5-8(16-6)9(12)15-4-3-10-2;/h5,10H,3-4H2,1-2H3;1H/p-1. The molecule has 0 aliphatic heterocycles. The minimum absolute atomic E-state index is 0. The molecule has 0 bridgehead atoms. The molecule has 0 aliphatic rings. The third-order valence-corrected chi connectivity index (χ3v) is 2.89. The summed E-state index contributed by atoms with van der Waals surface area (Å²) >= 11 is 1.07. The number of likely N-dealkylation sites (N-methyl/N-ethyl adjacent to an activating group) is 1. The lowest BCUT2D eigenvalue weighted by Gasteiger charge is -2.00. The van der Waals surface area contributed by atoms with E-state index in [2.05, 4.69) is 5.32 Å². The first-order valence-electron chi connectivity index (χ1n) is 4.62. The summed E-state index contributed by atoms with van der Waals surface area (Å²) in [6, 6.07) is 1.25. The van der Waals surface area contributed by atoms with E-state index in [0.717, 1.165) is 11.3 Å². The van der Waals surface area contributed by atoms with Crippen molar-refractivity contribution in [3.8, 4) is 0 Å². The van der Waals surface area contributed by atoms with Gasteiger partial charge in [0.1, 0.15) is 11.5 Å². The van der Waals surface area contributed by atoms with Crippen LogP contribution in [0.3, 0.4) is 0 Å². The van der Waals surface area contributed by atoms with Crippen molar-refractivity contribution in [1.82, 2.24) is 5.32 Å². The molecular formula is C9H12ClN2O4S-. The van der Waals surface area contributed by atoms with Gasteiger partial charge in [-0.2, -0.15) is 0 Å². The summed E-state index contributed by atoms with van der Waals surface area (Å²) < 4.78 is 4.90. The molecule has 1 rings (SSSR count). The first-order valence-corrected chi connectivity index (χ1v) is 5.44. The van der Waals surface area contributed by atoms with E-state index in [4.69, 9.17) is 4.74 Å². The Labute approximate surface area is 109 Å². The lowest BCUT2D eigenvalue weighted by molar-refractivity contribution is -0.385. The summed E-state index contributed by atoms with van der Waals surface area (Å²) in [6.45, 7) is 2.41. The van der Waals surface area contributed by atoms with Gasteiger partial charge in [0.2, 0.25) is 0 Å². The fourth-order valence-electron chi connectivity index (χ4n) is 1.07. The fourth-order valence-corrected chi connectivity index (χ4v) is 1.95. The number of hydrogen-bond donors (Lipinski definition) is 1. The van der Waals surface area contributed by atoms with Crippen LogP contribution < -0.4 is 17.7 Å². The number of esters is 1. The SMILES string of the molecule is CNCCOC(=O)c1cc([N+](=O)[O-])c(C)s1.[Cl-]. The van der Waals surface area contributed by atoms with Gasteiger partial charge in [-0.05, 0) is 14.0 Å². The first kappa shape index (κ1) is 15.8. The van der Waals surface area contributed by atoms with E-state index >= 15 is 0 Å². The summed E-state index contributed by atoms with van der Waals surface area (Å²) in [5.41, 5.74) is -0.0365. The quantitative estimate of drug-likeness (QED) is 0.302. The topological polar surface area (TPSA) is 81.5 Å². The zero-order valence-electron chi connectivity index (χ0n) is 9.36. The van der Waals surface area contributed by atoms with E-state index in [1.165, 1.54) is 6.07 Å². The van der Waals surface area contributed by atoms with Crippen LogP contribution in [0.4, 0.5) is 5.69 Å². The maximum atomic E-state index is 11.4. The molecule has 0 saturated carbocycles. The molecule has 0 saturated heterocycles. The smallest absolute Gasteiger partial charge is 0.348 e. The summed E-state index contributed by atoms with van der Waals surface area (Å²) in [5.74, 6) is -0.517. The van der Waals surface area contributed by atoms with E-state index < -0.39 is 10.9 Å². The van der Waals surface area contributed by atoms with Gasteiger partial charge < -0.3 is 22.5 Å². The normalized spacial score (nSPS) is 9.53. The van der Waals surface area contributed by atoms with Crippen LogP contribution in [0, 0.1) is 17.0 Å². The highest BCUT2D eigenvalue weighted by Crippen LogP contribution is 2.28. The van der Waals surface area contributed by atoms with Gasteiger partial charge >= 0.3 is 5.97 Å². The summed E-state index contributed by atoms with van der Waals surface area (Å²) in [6.07, 6.45) is 0. The zero-order valence-corrected chi connectivity index (χ0v) is 10.9. The van der Waals surface area contributed by atoms with Crippen molar-refractivity contribution in [2.75, 3.05) is 20.2 Å². The van der Waals surface area contributed by atoms with Crippen molar-refractivity contribution >= 4 is 23.0 Å². The summed E-state index contributed by atoms with van der Waals surface area (Å²) in [7, 11) is 1.74. The van der Waals surface area contributed by atoms with E-state index in [-0.39, 0.29) is 29.6 Å². The number of ether oxygens (including phenoxy) is 1. The number of nitrogens with one attached hydrogen (secondary N) is 1. The number of rotatable bonds is 5. The van der Waals surface area contributed by atoms with Crippen molar-refractivity contribution in [1.29, 1.82) is 0 Å². The van der Waals surface area contributed by atoms with Gasteiger partial charge in [0.25, 0.3) is 5.69 Å². The Bertz CT molecular complexity index is 408. The highest BCUT2D eigenvalue weighted by atomic mass is 35.5. The minimum Gasteiger partial charge on any atom is -1.00 e. The van der Waals surface area contributed by atoms with E-state index in [1.807, 2.05) is 0 Å². The largest absolute Gasteiger partial charge is 1.00 e. The Hall–Kier alpha value is -1.18. The Morgan fingerprint density at radius 2 is 2.29 bits per heavy atom. The number of aryl methyl sites for hydroxylation is 1.